The summed E-state index contributed by atoms with van der Waals surface area (Å²) in [6, 6.07) is 5.92. The van der Waals surface area contributed by atoms with Crippen LogP contribution in [0.1, 0.15) is 18.1 Å². The molecular formula is C15H19N3OS. The van der Waals surface area contributed by atoms with Gasteiger partial charge in [0.25, 0.3) is 0 Å². The summed E-state index contributed by atoms with van der Waals surface area (Å²) in [4.78, 5) is 16.5. The Morgan fingerprint density at radius 2 is 2.15 bits per heavy atom. The van der Waals surface area contributed by atoms with E-state index in [1.165, 1.54) is 17.3 Å². The van der Waals surface area contributed by atoms with Gasteiger partial charge in [-0.3, -0.25) is 4.79 Å². The SMILES string of the molecule is Cc1cccc(NC(=O)C(C)Sc2nccn2C)c1C. The van der Waals surface area contributed by atoms with Gasteiger partial charge in [-0.25, -0.2) is 4.98 Å². The number of nitrogens with one attached hydrogen (secondary N) is 1. The number of nitrogens with zero attached hydrogens (tertiary/aromatic N) is 2. The number of rotatable bonds is 4. The maximum absolute atomic E-state index is 12.2. The molecule has 0 aliphatic carbocycles. The lowest BCUT2D eigenvalue weighted by Crippen LogP contribution is -2.23. The fourth-order valence-electron chi connectivity index (χ4n) is 1.80. The molecular weight excluding hydrogens is 270 g/mol. The number of anilines is 1. The molecule has 1 atom stereocenters. The standard InChI is InChI=1S/C15H19N3OS/c1-10-6-5-7-13(11(10)2)17-14(19)12(3)20-15-16-8-9-18(15)4/h5-9,12H,1-4H3,(H,17,19). The van der Waals surface area contributed by atoms with Crippen LogP contribution in [0, 0.1) is 13.8 Å². The summed E-state index contributed by atoms with van der Waals surface area (Å²) in [6.07, 6.45) is 3.61. The number of aromatic nitrogens is 2. The van der Waals surface area contributed by atoms with Crippen molar-refractivity contribution in [2.24, 2.45) is 7.05 Å². The third-order valence-corrected chi connectivity index (χ3v) is 4.46. The average molecular weight is 289 g/mol. The van der Waals surface area contributed by atoms with E-state index in [9.17, 15) is 4.79 Å². The molecule has 1 aromatic carbocycles. The fourth-order valence-corrected chi connectivity index (χ4v) is 2.63. The summed E-state index contributed by atoms with van der Waals surface area (Å²) in [5.41, 5.74) is 3.16. The van der Waals surface area contributed by atoms with Crippen LogP contribution in [-0.4, -0.2) is 20.7 Å². The van der Waals surface area contributed by atoms with Gasteiger partial charge in [0.05, 0.1) is 5.25 Å². The van der Waals surface area contributed by atoms with Gasteiger partial charge in [-0.1, -0.05) is 23.9 Å². The van der Waals surface area contributed by atoms with Crippen molar-refractivity contribution in [1.82, 2.24) is 9.55 Å². The van der Waals surface area contributed by atoms with Crippen LogP contribution in [0.15, 0.2) is 35.7 Å². The summed E-state index contributed by atoms with van der Waals surface area (Å²) in [5, 5.41) is 3.63. The van der Waals surface area contributed by atoms with Crippen LogP contribution in [0.25, 0.3) is 0 Å². The third kappa shape index (κ3) is 3.22. The molecule has 0 bridgehead atoms. The van der Waals surface area contributed by atoms with E-state index in [-0.39, 0.29) is 11.2 Å². The van der Waals surface area contributed by atoms with Crippen LogP contribution < -0.4 is 5.32 Å². The number of aryl methyl sites for hydroxylation is 2. The highest BCUT2D eigenvalue weighted by atomic mass is 32.2. The summed E-state index contributed by atoms with van der Waals surface area (Å²) in [7, 11) is 1.92. The number of thioether (sulfide) groups is 1. The Hall–Kier alpha value is -1.75. The Morgan fingerprint density at radius 3 is 2.80 bits per heavy atom. The summed E-state index contributed by atoms with van der Waals surface area (Å²) in [6.45, 7) is 5.94. The molecule has 0 radical (unpaired) electrons. The minimum absolute atomic E-state index is 0.00769. The molecule has 1 N–H and O–H groups in total. The third-order valence-electron chi connectivity index (χ3n) is 3.29. The van der Waals surface area contributed by atoms with Crippen molar-refractivity contribution in [3.05, 3.63) is 41.7 Å². The Morgan fingerprint density at radius 1 is 1.40 bits per heavy atom. The minimum atomic E-state index is -0.198. The van der Waals surface area contributed by atoms with Crippen LogP contribution in [0.3, 0.4) is 0 Å². The van der Waals surface area contributed by atoms with Crippen LogP contribution in [0.2, 0.25) is 0 Å². The number of carbonyl (C=O) groups excluding carboxylic acids is 1. The van der Waals surface area contributed by atoms with Gasteiger partial charge in [-0.15, -0.1) is 0 Å². The highest BCUT2D eigenvalue weighted by Gasteiger charge is 2.17. The number of amides is 1. The highest BCUT2D eigenvalue weighted by Crippen LogP contribution is 2.23. The van der Waals surface area contributed by atoms with E-state index in [0.29, 0.717) is 0 Å². The van der Waals surface area contributed by atoms with Crippen molar-refractivity contribution in [2.45, 2.75) is 31.2 Å². The topological polar surface area (TPSA) is 46.9 Å². The monoisotopic (exact) mass is 289 g/mol. The number of benzene rings is 1. The van der Waals surface area contributed by atoms with Gasteiger partial charge in [0.2, 0.25) is 5.91 Å². The highest BCUT2D eigenvalue weighted by molar-refractivity contribution is 8.00. The molecule has 0 saturated heterocycles. The molecule has 1 amide bonds. The van der Waals surface area contributed by atoms with Gasteiger partial charge in [0.15, 0.2) is 5.16 Å². The molecule has 0 aliphatic heterocycles. The molecule has 4 nitrogen and oxygen atoms in total. The summed E-state index contributed by atoms with van der Waals surface area (Å²) < 4.78 is 1.91. The van der Waals surface area contributed by atoms with Crippen molar-refractivity contribution in [3.8, 4) is 0 Å². The van der Waals surface area contributed by atoms with E-state index in [2.05, 4.69) is 10.3 Å². The summed E-state index contributed by atoms with van der Waals surface area (Å²) >= 11 is 1.45. The first kappa shape index (κ1) is 14.7. The van der Waals surface area contributed by atoms with Crippen molar-refractivity contribution in [2.75, 3.05) is 5.32 Å². The quantitative estimate of drug-likeness (QED) is 0.880. The maximum atomic E-state index is 12.2. The Bertz CT molecular complexity index is 621. The van der Waals surface area contributed by atoms with Crippen LogP contribution >= 0.6 is 11.8 Å². The number of hydrogen-bond donors (Lipinski definition) is 1. The molecule has 1 unspecified atom stereocenters. The first-order valence-corrected chi connectivity index (χ1v) is 7.38. The second-order valence-electron chi connectivity index (χ2n) is 4.82. The second kappa shape index (κ2) is 6.13. The van der Waals surface area contributed by atoms with Gasteiger partial charge in [0.1, 0.15) is 0 Å². The van der Waals surface area contributed by atoms with Crippen molar-refractivity contribution >= 4 is 23.4 Å². The van der Waals surface area contributed by atoms with E-state index < -0.39 is 0 Å². The number of imidazole rings is 1. The molecule has 0 saturated carbocycles. The first-order chi connectivity index (χ1) is 9.49. The van der Waals surface area contributed by atoms with Gasteiger partial charge in [0, 0.05) is 25.1 Å². The lowest BCUT2D eigenvalue weighted by atomic mass is 10.1. The fraction of sp³-hybridized carbons (Fsp3) is 0.333. The zero-order chi connectivity index (χ0) is 14.7. The minimum Gasteiger partial charge on any atom is -0.329 e. The molecule has 0 spiro atoms. The number of carbonyl (C=O) groups is 1. The van der Waals surface area contributed by atoms with E-state index in [1.54, 1.807) is 6.20 Å². The molecule has 1 heterocycles. The van der Waals surface area contributed by atoms with Crippen molar-refractivity contribution < 1.29 is 4.79 Å². The van der Waals surface area contributed by atoms with E-state index in [4.69, 9.17) is 0 Å². The summed E-state index contributed by atoms with van der Waals surface area (Å²) in [5.74, 6) is -0.00769. The zero-order valence-electron chi connectivity index (χ0n) is 12.2. The lowest BCUT2D eigenvalue weighted by Gasteiger charge is -2.14. The van der Waals surface area contributed by atoms with Crippen molar-refractivity contribution in [3.63, 3.8) is 0 Å². The van der Waals surface area contributed by atoms with Gasteiger partial charge < -0.3 is 9.88 Å². The molecule has 2 aromatic rings. The van der Waals surface area contributed by atoms with Gasteiger partial charge in [-0.2, -0.15) is 0 Å². The van der Waals surface area contributed by atoms with E-state index in [0.717, 1.165) is 16.4 Å². The largest absolute Gasteiger partial charge is 0.329 e. The van der Waals surface area contributed by atoms with E-state index in [1.807, 2.05) is 56.8 Å². The van der Waals surface area contributed by atoms with Crippen LogP contribution in [-0.2, 0) is 11.8 Å². The van der Waals surface area contributed by atoms with Gasteiger partial charge in [-0.05, 0) is 38.0 Å². The van der Waals surface area contributed by atoms with Gasteiger partial charge >= 0.3 is 0 Å². The second-order valence-corrected chi connectivity index (χ2v) is 6.13. The predicted molar refractivity (Wildman–Crippen MR) is 83.1 cm³/mol. The molecule has 2 rings (SSSR count). The molecule has 1 aromatic heterocycles. The molecule has 0 aliphatic rings. The average Bonchev–Trinajstić information content (AvgIpc) is 2.80. The Labute approximate surface area is 123 Å². The lowest BCUT2D eigenvalue weighted by molar-refractivity contribution is -0.115. The Balaban J connectivity index is 2.04. The smallest absolute Gasteiger partial charge is 0.237 e. The Kier molecular flexibility index (Phi) is 4.49. The normalized spacial score (nSPS) is 12.2. The van der Waals surface area contributed by atoms with E-state index >= 15 is 0 Å². The molecule has 5 heteroatoms. The maximum Gasteiger partial charge on any atom is 0.237 e. The van der Waals surface area contributed by atoms with Crippen LogP contribution in [0.4, 0.5) is 5.69 Å². The zero-order valence-corrected chi connectivity index (χ0v) is 13.0. The first-order valence-electron chi connectivity index (χ1n) is 6.50. The molecule has 106 valence electrons. The molecule has 20 heavy (non-hydrogen) atoms. The number of hydrogen-bond acceptors (Lipinski definition) is 3. The predicted octanol–water partition coefficient (Wildman–Crippen LogP) is 3.16. The van der Waals surface area contributed by atoms with Crippen molar-refractivity contribution in [1.29, 1.82) is 0 Å². The molecule has 0 fully saturated rings. The van der Waals surface area contributed by atoms with Crippen LogP contribution in [0.5, 0.6) is 0 Å².